The Labute approximate surface area is 146 Å². The fourth-order valence-corrected chi connectivity index (χ4v) is 5.14. The van der Waals surface area contributed by atoms with E-state index in [1.807, 2.05) is 0 Å². The first-order valence-corrected chi connectivity index (χ1v) is 9.75. The highest BCUT2D eigenvalue weighted by Crippen LogP contribution is 2.26. The molecule has 0 bridgehead atoms. The van der Waals surface area contributed by atoms with E-state index < -0.39 is 15.9 Å². The second kappa shape index (κ2) is 6.97. The van der Waals surface area contributed by atoms with Gasteiger partial charge in [0.15, 0.2) is 0 Å². The number of piperazine rings is 1. The Morgan fingerprint density at radius 2 is 1.92 bits per heavy atom. The SMILES string of the molecule is NC(=O)c1cc(Cl)cc(S(=O)(=O)N2CCC(N3CCNCC3)C2)c1. The minimum atomic E-state index is -3.69. The largest absolute Gasteiger partial charge is 0.366 e. The second-order valence-electron chi connectivity index (χ2n) is 6.13. The lowest BCUT2D eigenvalue weighted by Crippen LogP contribution is -2.49. The number of nitrogens with one attached hydrogen (secondary N) is 1. The van der Waals surface area contributed by atoms with Crippen LogP contribution in [0.1, 0.15) is 16.8 Å². The lowest BCUT2D eigenvalue weighted by atomic mass is 10.2. The Balaban J connectivity index is 1.80. The van der Waals surface area contributed by atoms with Crippen LogP contribution in [0.25, 0.3) is 0 Å². The molecule has 1 amide bonds. The number of nitrogens with two attached hydrogens (primary N) is 1. The highest BCUT2D eigenvalue weighted by Gasteiger charge is 2.35. The normalized spacial score (nSPS) is 23.5. The fourth-order valence-electron chi connectivity index (χ4n) is 3.28. The Morgan fingerprint density at radius 3 is 2.58 bits per heavy atom. The van der Waals surface area contributed by atoms with Crippen LogP contribution in [0, 0.1) is 0 Å². The molecule has 2 aliphatic heterocycles. The zero-order valence-electron chi connectivity index (χ0n) is 13.2. The number of amides is 1. The van der Waals surface area contributed by atoms with Gasteiger partial charge in [0.25, 0.3) is 0 Å². The topological polar surface area (TPSA) is 95.7 Å². The van der Waals surface area contributed by atoms with Crippen LogP contribution < -0.4 is 11.1 Å². The van der Waals surface area contributed by atoms with Gasteiger partial charge in [0, 0.05) is 55.9 Å². The number of hydrogen-bond acceptors (Lipinski definition) is 5. The summed E-state index contributed by atoms with van der Waals surface area (Å²) in [6.45, 7) is 4.65. The molecular weight excluding hydrogens is 352 g/mol. The molecule has 0 saturated carbocycles. The zero-order valence-corrected chi connectivity index (χ0v) is 14.8. The maximum atomic E-state index is 12.9. The van der Waals surface area contributed by atoms with Gasteiger partial charge in [-0.25, -0.2) is 8.42 Å². The lowest BCUT2D eigenvalue weighted by molar-refractivity contribution is 0.1000. The van der Waals surface area contributed by atoms with E-state index in [0.29, 0.717) is 13.1 Å². The van der Waals surface area contributed by atoms with Crippen LogP contribution in [0.15, 0.2) is 23.1 Å². The number of rotatable bonds is 4. The average Bonchev–Trinajstić information content (AvgIpc) is 3.06. The van der Waals surface area contributed by atoms with Crippen molar-refractivity contribution in [2.24, 2.45) is 5.73 Å². The van der Waals surface area contributed by atoms with Crippen LogP contribution in [0.5, 0.6) is 0 Å². The number of benzene rings is 1. The van der Waals surface area contributed by atoms with E-state index >= 15 is 0 Å². The minimum absolute atomic E-state index is 0.0183. The number of carbonyl (C=O) groups excluding carboxylic acids is 1. The third kappa shape index (κ3) is 3.57. The van der Waals surface area contributed by atoms with Gasteiger partial charge in [-0.2, -0.15) is 4.31 Å². The Hall–Kier alpha value is -1.19. The fraction of sp³-hybridized carbons (Fsp3) is 0.533. The van der Waals surface area contributed by atoms with Gasteiger partial charge in [-0.15, -0.1) is 0 Å². The summed E-state index contributed by atoms with van der Waals surface area (Å²) in [5.74, 6) is -0.700. The molecule has 1 aromatic carbocycles. The molecule has 1 unspecified atom stereocenters. The van der Waals surface area contributed by atoms with Crippen LogP contribution in [-0.4, -0.2) is 68.8 Å². The molecular formula is C15H21ClN4O3S. The Morgan fingerprint density at radius 1 is 1.21 bits per heavy atom. The van der Waals surface area contributed by atoms with E-state index in [1.165, 1.54) is 22.5 Å². The standard InChI is InChI=1S/C15H21ClN4O3S/c16-12-7-11(15(17)21)8-14(9-12)24(22,23)20-4-1-13(10-20)19-5-2-18-3-6-19/h7-9,13,18H,1-6,10H2,(H2,17,21). The second-order valence-corrected chi connectivity index (χ2v) is 8.51. The molecule has 0 aliphatic carbocycles. The molecule has 0 radical (unpaired) electrons. The summed E-state index contributed by atoms with van der Waals surface area (Å²) in [4.78, 5) is 13.7. The third-order valence-corrected chi connectivity index (χ3v) is 6.65. The molecule has 7 nitrogen and oxygen atoms in total. The molecule has 0 aromatic heterocycles. The van der Waals surface area contributed by atoms with Crippen molar-refractivity contribution in [2.45, 2.75) is 17.4 Å². The van der Waals surface area contributed by atoms with Gasteiger partial charge >= 0.3 is 0 Å². The highest BCUT2D eigenvalue weighted by atomic mass is 35.5. The van der Waals surface area contributed by atoms with Crippen molar-refractivity contribution in [3.05, 3.63) is 28.8 Å². The molecule has 1 aromatic rings. The summed E-state index contributed by atoms with van der Waals surface area (Å²) in [6.07, 6.45) is 0.808. The van der Waals surface area contributed by atoms with Crippen LogP contribution in [0.3, 0.4) is 0 Å². The number of halogens is 1. The monoisotopic (exact) mass is 372 g/mol. The van der Waals surface area contributed by atoms with Gasteiger partial charge < -0.3 is 11.1 Å². The molecule has 3 rings (SSSR count). The van der Waals surface area contributed by atoms with E-state index in [1.54, 1.807) is 0 Å². The van der Waals surface area contributed by atoms with Crippen LogP contribution in [0.4, 0.5) is 0 Å². The molecule has 2 saturated heterocycles. The van der Waals surface area contributed by atoms with Crippen molar-refractivity contribution >= 4 is 27.5 Å². The number of carbonyl (C=O) groups is 1. The first kappa shape index (κ1) is 17.6. The first-order valence-electron chi connectivity index (χ1n) is 7.93. The Bertz CT molecular complexity index is 734. The number of nitrogens with zero attached hydrogens (tertiary/aromatic N) is 2. The third-order valence-electron chi connectivity index (χ3n) is 4.59. The predicted octanol–water partition coefficient (Wildman–Crippen LogP) is 0.107. The number of sulfonamides is 1. The predicted molar refractivity (Wildman–Crippen MR) is 91.6 cm³/mol. The smallest absolute Gasteiger partial charge is 0.248 e. The van der Waals surface area contributed by atoms with Gasteiger partial charge in [-0.1, -0.05) is 11.6 Å². The van der Waals surface area contributed by atoms with Crippen molar-refractivity contribution in [3.8, 4) is 0 Å². The van der Waals surface area contributed by atoms with E-state index in [0.717, 1.165) is 32.6 Å². The number of hydrogen-bond donors (Lipinski definition) is 2. The van der Waals surface area contributed by atoms with Gasteiger partial charge in [0.05, 0.1) is 4.90 Å². The summed E-state index contributed by atoms with van der Waals surface area (Å²) in [7, 11) is -3.69. The molecule has 132 valence electrons. The number of primary amides is 1. The van der Waals surface area contributed by atoms with Gasteiger partial charge in [-0.3, -0.25) is 9.69 Å². The zero-order chi connectivity index (χ0) is 17.3. The van der Waals surface area contributed by atoms with Gasteiger partial charge in [-0.05, 0) is 24.6 Å². The summed E-state index contributed by atoms with van der Waals surface area (Å²) in [5, 5.41) is 3.48. The molecule has 2 heterocycles. The maximum Gasteiger partial charge on any atom is 0.248 e. The molecule has 0 spiro atoms. The summed E-state index contributed by atoms with van der Waals surface area (Å²) in [5.41, 5.74) is 5.35. The van der Waals surface area contributed by atoms with Gasteiger partial charge in [0.2, 0.25) is 15.9 Å². The van der Waals surface area contributed by atoms with Crippen LogP contribution in [0.2, 0.25) is 5.02 Å². The lowest BCUT2D eigenvalue weighted by Gasteiger charge is -2.32. The molecule has 24 heavy (non-hydrogen) atoms. The molecule has 3 N–H and O–H groups in total. The van der Waals surface area contributed by atoms with Crippen molar-refractivity contribution in [3.63, 3.8) is 0 Å². The molecule has 1 atom stereocenters. The van der Waals surface area contributed by atoms with E-state index in [-0.39, 0.29) is 21.5 Å². The van der Waals surface area contributed by atoms with Crippen molar-refractivity contribution in [1.29, 1.82) is 0 Å². The molecule has 9 heteroatoms. The quantitative estimate of drug-likeness (QED) is 0.782. The molecule has 2 fully saturated rings. The summed E-state index contributed by atoms with van der Waals surface area (Å²) < 4.78 is 27.2. The Kier molecular flexibility index (Phi) is 5.12. The average molecular weight is 373 g/mol. The van der Waals surface area contributed by atoms with Crippen LogP contribution >= 0.6 is 11.6 Å². The minimum Gasteiger partial charge on any atom is -0.366 e. The molecule has 2 aliphatic rings. The van der Waals surface area contributed by atoms with Crippen LogP contribution in [-0.2, 0) is 10.0 Å². The van der Waals surface area contributed by atoms with E-state index in [4.69, 9.17) is 17.3 Å². The van der Waals surface area contributed by atoms with Crippen molar-refractivity contribution in [1.82, 2.24) is 14.5 Å². The maximum absolute atomic E-state index is 12.9. The van der Waals surface area contributed by atoms with Gasteiger partial charge in [0.1, 0.15) is 0 Å². The first-order chi connectivity index (χ1) is 11.4. The van der Waals surface area contributed by atoms with Crippen molar-refractivity contribution < 1.29 is 13.2 Å². The van der Waals surface area contributed by atoms with E-state index in [2.05, 4.69) is 10.2 Å². The highest BCUT2D eigenvalue weighted by molar-refractivity contribution is 7.89. The van der Waals surface area contributed by atoms with Crippen molar-refractivity contribution in [2.75, 3.05) is 39.3 Å². The summed E-state index contributed by atoms with van der Waals surface area (Å²) >= 11 is 5.95. The summed E-state index contributed by atoms with van der Waals surface area (Å²) in [6, 6.07) is 4.26. The van der Waals surface area contributed by atoms with E-state index in [9.17, 15) is 13.2 Å².